The van der Waals surface area contributed by atoms with E-state index in [1.165, 1.54) is 19.2 Å². The summed E-state index contributed by atoms with van der Waals surface area (Å²) in [5, 5.41) is 14.9. The molecule has 3 N–H and O–H groups in total. The number of urea groups is 1. The molecule has 0 spiro atoms. The van der Waals surface area contributed by atoms with Crippen LogP contribution in [0.1, 0.15) is 0 Å². The number of methoxy groups -OCH3 is 1. The van der Waals surface area contributed by atoms with Crippen molar-refractivity contribution in [3.63, 3.8) is 0 Å². The summed E-state index contributed by atoms with van der Waals surface area (Å²) in [4.78, 5) is 11.8. The molecule has 0 aliphatic heterocycles. The number of carbonyl (C=O) groups is 1. The number of aromatic hydroxyl groups is 1. The smallest absolute Gasteiger partial charge is 0.323 e. The van der Waals surface area contributed by atoms with Crippen molar-refractivity contribution in [2.24, 2.45) is 0 Å². The Balaban J connectivity index is 2.05. The fourth-order valence-corrected chi connectivity index (χ4v) is 1.81. The van der Waals surface area contributed by atoms with Crippen LogP contribution in [0.25, 0.3) is 0 Å². The molecule has 0 aliphatic rings. The third-order valence-electron chi connectivity index (χ3n) is 2.53. The van der Waals surface area contributed by atoms with Gasteiger partial charge in [-0.1, -0.05) is 17.7 Å². The molecule has 2 rings (SSSR count). The molecule has 6 heteroatoms. The van der Waals surface area contributed by atoms with Gasteiger partial charge in [0.15, 0.2) is 0 Å². The van der Waals surface area contributed by atoms with Gasteiger partial charge < -0.3 is 20.5 Å². The molecule has 0 saturated carbocycles. The molecule has 0 aliphatic carbocycles. The lowest BCUT2D eigenvalue weighted by Gasteiger charge is -2.10. The van der Waals surface area contributed by atoms with Gasteiger partial charge in [-0.05, 0) is 24.3 Å². The van der Waals surface area contributed by atoms with Crippen molar-refractivity contribution >= 4 is 29.0 Å². The predicted octanol–water partition coefficient (Wildman–Crippen LogP) is 3.70. The van der Waals surface area contributed by atoms with Gasteiger partial charge in [-0.25, -0.2) is 4.79 Å². The lowest BCUT2D eigenvalue weighted by molar-refractivity contribution is 0.262. The Labute approximate surface area is 121 Å². The van der Waals surface area contributed by atoms with Crippen LogP contribution in [0, 0.1) is 0 Å². The van der Waals surface area contributed by atoms with Crippen molar-refractivity contribution in [3.8, 4) is 11.5 Å². The van der Waals surface area contributed by atoms with E-state index in [1.54, 1.807) is 30.3 Å². The van der Waals surface area contributed by atoms with Crippen LogP contribution in [0.15, 0.2) is 42.5 Å². The molecule has 104 valence electrons. The van der Waals surface area contributed by atoms with Crippen LogP contribution in [0.2, 0.25) is 5.02 Å². The van der Waals surface area contributed by atoms with Crippen LogP contribution in [-0.2, 0) is 0 Å². The summed E-state index contributed by atoms with van der Waals surface area (Å²) in [7, 11) is 1.54. The zero-order chi connectivity index (χ0) is 14.5. The Hall–Kier alpha value is -2.40. The van der Waals surface area contributed by atoms with E-state index in [0.717, 1.165) is 0 Å². The number of carbonyl (C=O) groups excluding carboxylic acids is 1. The number of phenolic OH excluding ortho intramolecular Hbond substituents is 1. The molecule has 2 aromatic rings. The molecule has 2 aromatic carbocycles. The highest BCUT2D eigenvalue weighted by atomic mass is 35.5. The van der Waals surface area contributed by atoms with E-state index in [9.17, 15) is 9.90 Å². The van der Waals surface area contributed by atoms with Gasteiger partial charge in [0.2, 0.25) is 0 Å². The highest BCUT2D eigenvalue weighted by Gasteiger charge is 2.07. The van der Waals surface area contributed by atoms with E-state index in [4.69, 9.17) is 16.3 Å². The molecule has 2 amide bonds. The predicted molar refractivity (Wildman–Crippen MR) is 78.8 cm³/mol. The summed E-state index contributed by atoms with van der Waals surface area (Å²) in [5.41, 5.74) is 0.942. The number of rotatable bonds is 3. The first-order valence-electron chi connectivity index (χ1n) is 5.79. The summed E-state index contributed by atoms with van der Waals surface area (Å²) in [6.45, 7) is 0. The van der Waals surface area contributed by atoms with Gasteiger partial charge in [0.25, 0.3) is 0 Å². The Bertz CT molecular complexity index is 632. The number of halogens is 1. The largest absolute Gasteiger partial charge is 0.508 e. The van der Waals surface area contributed by atoms with E-state index in [1.807, 2.05) is 0 Å². The number of anilines is 2. The minimum atomic E-state index is -0.456. The van der Waals surface area contributed by atoms with Gasteiger partial charge in [-0.3, -0.25) is 0 Å². The molecule has 0 fully saturated rings. The van der Waals surface area contributed by atoms with Crippen molar-refractivity contribution in [3.05, 3.63) is 47.5 Å². The third kappa shape index (κ3) is 3.55. The summed E-state index contributed by atoms with van der Waals surface area (Å²) in [6, 6.07) is 10.7. The highest BCUT2D eigenvalue weighted by Crippen LogP contribution is 2.26. The second-order valence-electron chi connectivity index (χ2n) is 3.98. The SMILES string of the molecule is COc1ccc(NC(=O)Nc2cccc(O)c2)c(Cl)c1. The number of nitrogens with one attached hydrogen (secondary N) is 2. The number of hydrogen-bond acceptors (Lipinski definition) is 3. The average Bonchev–Trinajstić information content (AvgIpc) is 2.41. The Morgan fingerprint density at radius 3 is 2.65 bits per heavy atom. The molecule has 0 saturated heterocycles. The first-order chi connectivity index (χ1) is 9.58. The zero-order valence-electron chi connectivity index (χ0n) is 10.7. The first-order valence-corrected chi connectivity index (χ1v) is 6.17. The van der Waals surface area contributed by atoms with Crippen molar-refractivity contribution in [2.45, 2.75) is 0 Å². The van der Waals surface area contributed by atoms with Crippen LogP contribution in [-0.4, -0.2) is 18.2 Å². The van der Waals surface area contributed by atoms with Crippen molar-refractivity contribution in [1.29, 1.82) is 0 Å². The van der Waals surface area contributed by atoms with Crippen molar-refractivity contribution in [2.75, 3.05) is 17.7 Å². The van der Waals surface area contributed by atoms with Gasteiger partial charge in [-0.2, -0.15) is 0 Å². The molecule has 0 atom stereocenters. The second-order valence-corrected chi connectivity index (χ2v) is 4.38. The first kappa shape index (κ1) is 14.0. The Kier molecular flexibility index (Phi) is 4.32. The van der Waals surface area contributed by atoms with Gasteiger partial charge in [0, 0.05) is 17.8 Å². The molecule has 0 heterocycles. The number of amides is 2. The zero-order valence-corrected chi connectivity index (χ0v) is 11.4. The quantitative estimate of drug-likeness (QED) is 0.808. The van der Waals surface area contributed by atoms with Crippen LogP contribution in [0.3, 0.4) is 0 Å². The van der Waals surface area contributed by atoms with Gasteiger partial charge in [0.05, 0.1) is 17.8 Å². The number of hydrogen-bond donors (Lipinski definition) is 3. The minimum absolute atomic E-state index is 0.0743. The lowest BCUT2D eigenvalue weighted by atomic mass is 10.3. The van der Waals surface area contributed by atoms with E-state index in [-0.39, 0.29) is 5.75 Å². The Morgan fingerprint density at radius 1 is 1.20 bits per heavy atom. The number of phenols is 1. The van der Waals surface area contributed by atoms with Crippen molar-refractivity contribution in [1.82, 2.24) is 0 Å². The maximum Gasteiger partial charge on any atom is 0.323 e. The molecule has 0 bridgehead atoms. The molecular weight excluding hydrogens is 280 g/mol. The van der Waals surface area contributed by atoms with Crippen LogP contribution in [0.4, 0.5) is 16.2 Å². The minimum Gasteiger partial charge on any atom is -0.508 e. The fraction of sp³-hybridized carbons (Fsp3) is 0.0714. The number of ether oxygens (including phenoxy) is 1. The van der Waals surface area contributed by atoms with Crippen LogP contribution in [0.5, 0.6) is 11.5 Å². The van der Waals surface area contributed by atoms with Gasteiger partial charge in [0.1, 0.15) is 11.5 Å². The summed E-state index contributed by atoms with van der Waals surface area (Å²) in [6.07, 6.45) is 0. The molecule has 5 nitrogen and oxygen atoms in total. The average molecular weight is 293 g/mol. The monoisotopic (exact) mass is 292 g/mol. The normalized spacial score (nSPS) is 9.90. The summed E-state index contributed by atoms with van der Waals surface area (Å²) >= 11 is 6.02. The Morgan fingerprint density at radius 2 is 2.00 bits per heavy atom. The van der Waals surface area contributed by atoms with E-state index < -0.39 is 6.03 Å². The molecule has 20 heavy (non-hydrogen) atoms. The third-order valence-corrected chi connectivity index (χ3v) is 2.84. The fourth-order valence-electron chi connectivity index (χ4n) is 1.59. The van der Waals surface area contributed by atoms with Gasteiger partial charge >= 0.3 is 6.03 Å². The van der Waals surface area contributed by atoms with E-state index in [2.05, 4.69) is 10.6 Å². The van der Waals surface area contributed by atoms with Crippen LogP contribution >= 0.6 is 11.6 Å². The van der Waals surface area contributed by atoms with E-state index >= 15 is 0 Å². The molecule has 0 unspecified atom stereocenters. The molecular formula is C14H13ClN2O3. The topological polar surface area (TPSA) is 70.6 Å². The second kappa shape index (κ2) is 6.16. The van der Waals surface area contributed by atoms with Crippen LogP contribution < -0.4 is 15.4 Å². The highest BCUT2D eigenvalue weighted by molar-refractivity contribution is 6.34. The lowest BCUT2D eigenvalue weighted by Crippen LogP contribution is -2.19. The molecule has 0 radical (unpaired) electrons. The summed E-state index contributed by atoms with van der Waals surface area (Å²) in [5.74, 6) is 0.680. The molecule has 0 aromatic heterocycles. The number of benzene rings is 2. The summed E-state index contributed by atoms with van der Waals surface area (Å²) < 4.78 is 5.02. The maximum atomic E-state index is 11.8. The van der Waals surface area contributed by atoms with E-state index in [0.29, 0.717) is 22.1 Å². The standard InChI is InChI=1S/C14H13ClN2O3/c1-20-11-5-6-13(12(15)8-11)17-14(19)16-9-3-2-4-10(18)7-9/h2-8,18H,1H3,(H2,16,17,19). The van der Waals surface area contributed by atoms with Crippen molar-refractivity contribution < 1.29 is 14.6 Å². The maximum absolute atomic E-state index is 11.8. The van der Waals surface area contributed by atoms with Gasteiger partial charge in [-0.15, -0.1) is 0 Å².